The summed E-state index contributed by atoms with van der Waals surface area (Å²) < 4.78 is 12.6. The topological polar surface area (TPSA) is 76.9 Å². The van der Waals surface area contributed by atoms with E-state index in [1.165, 1.54) is 0 Å². The van der Waals surface area contributed by atoms with E-state index in [-0.39, 0.29) is 0 Å². The molecule has 0 aliphatic carbocycles. The van der Waals surface area contributed by atoms with Crippen molar-refractivity contribution in [1.29, 1.82) is 5.26 Å². The monoisotopic (exact) mass is 260 g/mol. The number of hydrogen-bond acceptors (Lipinski definition) is 5. The van der Waals surface area contributed by atoms with Gasteiger partial charge in [0.1, 0.15) is 17.4 Å². The number of hydrogen-bond donors (Lipinski definition) is 0. The van der Waals surface area contributed by atoms with Crippen LogP contribution in [0.25, 0.3) is 11.6 Å². The zero-order chi connectivity index (χ0) is 14.0. The Kier molecular flexibility index (Phi) is 3.40. The Morgan fingerprint density at radius 2 is 2.26 bits per heavy atom. The van der Waals surface area contributed by atoms with Gasteiger partial charge in [-0.25, -0.2) is 0 Å². The Balaban J connectivity index is 2.36. The second-order valence-electron chi connectivity index (χ2n) is 4.70. The second kappa shape index (κ2) is 4.86. The molecule has 0 bridgehead atoms. The lowest BCUT2D eigenvalue weighted by molar-refractivity contribution is -0.0221. The van der Waals surface area contributed by atoms with Crippen LogP contribution >= 0.6 is 0 Å². The minimum Gasteiger partial charge on any atom is -0.368 e. The molecule has 0 aliphatic heterocycles. The van der Waals surface area contributed by atoms with E-state index in [1.54, 1.807) is 16.8 Å². The van der Waals surface area contributed by atoms with Gasteiger partial charge in [-0.15, -0.1) is 0 Å². The Hall–Kier alpha value is -2.13. The van der Waals surface area contributed by atoms with Crippen LogP contribution in [-0.4, -0.2) is 21.3 Å². The van der Waals surface area contributed by atoms with E-state index in [9.17, 15) is 0 Å². The summed E-state index contributed by atoms with van der Waals surface area (Å²) in [6.07, 6.45) is 1.72. The smallest absolute Gasteiger partial charge is 0.274 e. The van der Waals surface area contributed by atoms with Gasteiger partial charge in [-0.1, -0.05) is 5.16 Å². The molecule has 0 saturated heterocycles. The van der Waals surface area contributed by atoms with Crippen molar-refractivity contribution in [1.82, 2.24) is 14.7 Å². The third-order valence-corrected chi connectivity index (χ3v) is 2.82. The van der Waals surface area contributed by atoms with Crippen molar-refractivity contribution in [2.24, 2.45) is 7.05 Å². The van der Waals surface area contributed by atoms with Crippen LogP contribution in [0.1, 0.15) is 32.2 Å². The number of nitriles is 1. The molecule has 2 rings (SSSR count). The molecule has 0 atom stereocenters. The minimum atomic E-state index is -0.597. The SMILES string of the molecule is CCOC(C)(C)c1noc(-c2cc(C#N)cn2C)n1. The highest BCUT2D eigenvalue weighted by Gasteiger charge is 2.28. The maximum atomic E-state index is 8.88. The van der Waals surface area contributed by atoms with Gasteiger partial charge in [-0.3, -0.25) is 0 Å². The Morgan fingerprint density at radius 1 is 1.53 bits per heavy atom. The van der Waals surface area contributed by atoms with Gasteiger partial charge < -0.3 is 13.8 Å². The van der Waals surface area contributed by atoms with Gasteiger partial charge in [-0.05, 0) is 26.8 Å². The van der Waals surface area contributed by atoms with Gasteiger partial charge in [-0.2, -0.15) is 10.2 Å². The molecule has 0 amide bonds. The molecular formula is C13H16N4O2. The van der Waals surface area contributed by atoms with Crippen LogP contribution in [0.5, 0.6) is 0 Å². The maximum Gasteiger partial charge on any atom is 0.274 e. The van der Waals surface area contributed by atoms with E-state index in [2.05, 4.69) is 16.2 Å². The fourth-order valence-corrected chi connectivity index (χ4v) is 1.84. The third kappa shape index (κ3) is 2.51. The van der Waals surface area contributed by atoms with Crippen molar-refractivity contribution in [2.75, 3.05) is 6.61 Å². The molecule has 0 fully saturated rings. The largest absolute Gasteiger partial charge is 0.368 e. The van der Waals surface area contributed by atoms with Crippen molar-refractivity contribution in [3.63, 3.8) is 0 Å². The van der Waals surface area contributed by atoms with Gasteiger partial charge in [0.15, 0.2) is 0 Å². The predicted molar refractivity (Wildman–Crippen MR) is 68.1 cm³/mol. The average molecular weight is 260 g/mol. The zero-order valence-electron chi connectivity index (χ0n) is 11.5. The van der Waals surface area contributed by atoms with Crippen LogP contribution in [0.4, 0.5) is 0 Å². The maximum absolute atomic E-state index is 8.88. The molecule has 2 aromatic heterocycles. The molecule has 0 spiro atoms. The molecule has 0 radical (unpaired) electrons. The Morgan fingerprint density at radius 3 is 2.84 bits per heavy atom. The van der Waals surface area contributed by atoms with E-state index in [4.69, 9.17) is 14.5 Å². The molecule has 0 N–H and O–H groups in total. The fraction of sp³-hybridized carbons (Fsp3) is 0.462. The van der Waals surface area contributed by atoms with Crippen LogP contribution in [-0.2, 0) is 17.4 Å². The number of ether oxygens (including phenoxy) is 1. The van der Waals surface area contributed by atoms with Gasteiger partial charge >= 0.3 is 0 Å². The quantitative estimate of drug-likeness (QED) is 0.842. The first-order valence-corrected chi connectivity index (χ1v) is 6.03. The first kappa shape index (κ1) is 13.3. The summed E-state index contributed by atoms with van der Waals surface area (Å²) in [5.74, 6) is 0.871. The molecule has 2 heterocycles. The minimum absolute atomic E-state index is 0.381. The van der Waals surface area contributed by atoms with Gasteiger partial charge in [0, 0.05) is 19.9 Å². The van der Waals surface area contributed by atoms with E-state index in [0.29, 0.717) is 29.6 Å². The molecule has 0 aromatic carbocycles. The summed E-state index contributed by atoms with van der Waals surface area (Å²) in [4.78, 5) is 4.35. The molecule has 0 aliphatic rings. The van der Waals surface area contributed by atoms with Crippen LogP contribution < -0.4 is 0 Å². The van der Waals surface area contributed by atoms with Crippen molar-refractivity contribution < 1.29 is 9.26 Å². The molecule has 2 aromatic rings. The lowest BCUT2D eigenvalue weighted by atomic mass is 10.1. The first-order valence-electron chi connectivity index (χ1n) is 6.03. The zero-order valence-corrected chi connectivity index (χ0v) is 11.5. The highest BCUT2D eigenvalue weighted by atomic mass is 16.5. The summed E-state index contributed by atoms with van der Waals surface area (Å²) in [7, 11) is 1.83. The first-order chi connectivity index (χ1) is 8.97. The molecule has 0 saturated carbocycles. The van der Waals surface area contributed by atoms with Gasteiger partial charge in [0.05, 0.1) is 5.56 Å². The van der Waals surface area contributed by atoms with Gasteiger partial charge in [0.2, 0.25) is 5.82 Å². The van der Waals surface area contributed by atoms with E-state index in [0.717, 1.165) is 0 Å². The molecule has 100 valence electrons. The Bertz CT molecular complexity index is 619. The van der Waals surface area contributed by atoms with Crippen LogP contribution in [0, 0.1) is 11.3 Å². The summed E-state index contributed by atoms with van der Waals surface area (Å²) in [5.41, 5.74) is 0.670. The predicted octanol–water partition coefficient (Wildman–Crippen LogP) is 2.22. The number of nitrogens with zero attached hydrogens (tertiary/aromatic N) is 4. The van der Waals surface area contributed by atoms with Crippen molar-refractivity contribution in [3.8, 4) is 17.7 Å². The number of aromatic nitrogens is 3. The summed E-state index contributed by atoms with van der Waals surface area (Å²) in [6.45, 7) is 6.26. The molecule has 19 heavy (non-hydrogen) atoms. The molecule has 6 nitrogen and oxygen atoms in total. The van der Waals surface area contributed by atoms with Crippen LogP contribution in [0.2, 0.25) is 0 Å². The van der Waals surface area contributed by atoms with E-state index >= 15 is 0 Å². The van der Waals surface area contributed by atoms with Crippen molar-refractivity contribution >= 4 is 0 Å². The average Bonchev–Trinajstić information content (AvgIpc) is 2.95. The molecule has 6 heteroatoms. The third-order valence-electron chi connectivity index (χ3n) is 2.82. The van der Waals surface area contributed by atoms with Crippen molar-refractivity contribution in [3.05, 3.63) is 23.7 Å². The lowest BCUT2D eigenvalue weighted by Crippen LogP contribution is -2.23. The summed E-state index contributed by atoms with van der Waals surface area (Å²) >= 11 is 0. The van der Waals surface area contributed by atoms with E-state index < -0.39 is 5.60 Å². The highest BCUT2D eigenvalue weighted by molar-refractivity contribution is 5.52. The second-order valence-corrected chi connectivity index (χ2v) is 4.70. The van der Waals surface area contributed by atoms with Crippen LogP contribution in [0.3, 0.4) is 0 Å². The lowest BCUT2D eigenvalue weighted by Gasteiger charge is -2.19. The normalized spacial score (nSPS) is 11.5. The summed E-state index contributed by atoms with van der Waals surface area (Å²) in [5, 5.41) is 12.8. The number of aryl methyl sites for hydroxylation is 1. The van der Waals surface area contributed by atoms with Gasteiger partial charge in [0.25, 0.3) is 5.89 Å². The standard InChI is InChI=1S/C13H16N4O2/c1-5-18-13(2,3)12-15-11(19-16-12)10-6-9(7-14)8-17(10)4/h6,8H,5H2,1-4H3. The summed E-state index contributed by atoms with van der Waals surface area (Å²) in [6, 6.07) is 3.79. The molecular weight excluding hydrogens is 244 g/mol. The Labute approximate surface area is 111 Å². The van der Waals surface area contributed by atoms with Crippen LogP contribution in [0.15, 0.2) is 16.8 Å². The number of rotatable bonds is 4. The fourth-order valence-electron chi connectivity index (χ4n) is 1.84. The highest BCUT2D eigenvalue weighted by Crippen LogP contribution is 2.25. The van der Waals surface area contributed by atoms with Crippen molar-refractivity contribution in [2.45, 2.75) is 26.4 Å². The van der Waals surface area contributed by atoms with E-state index in [1.807, 2.05) is 27.8 Å². The molecule has 0 unspecified atom stereocenters.